The number of nitrogens with zero attached hydrogens (tertiary/aromatic N) is 5. The summed E-state index contributed by atoms with van der Waals surface area (Å²) in [4.78, 5) is 0. The van der Waals surface area contributed by atoms with Gasteiger partial charge in [0.1, 0.15) is 0 Å². The smallest absolute Gasteiger partial charge is 0.168 e. The molecular formula is C48H31N5. The van der Waals surface area contributed by atoms with E-state index in [0.29, 0.717) is 0 Å². The van der Waals surface area contributed by atoms with Crippen LogP contribution in [-0.4, -0.2) is 23.9 Å². The van der Waals surface area contributed by atoms with Gasteiger partial charge in [-0.1, -0.05) is 127 Å². The Labute approximate surface area is 305 Å². The number of aromatic nitrogens is 5. The van der Waals surface area contributed by atoms with E-state index in [2.05, 4.69) is 165 Å². The highest BCUT2D eigenvalue weighted by atomic mass is 15.3. The first-order chi connectivity index (χ1) is 26.3. The molecule has 0 aliphatic carbocycles. The summed E-state index contributed by atoms with van der Waals surface area (Å²) in [5.74, 6) is 1.61. The van der Waals surface area contributed by atoms with Gasteiger partial charge in [-0.15, -0.1) is 10.2 Å². The van der Waals surface area contributed by atoms with E-state index >= 15 is 0 Å². The number of hydrogen-bond donors (Lipinski definition) is 0. The van der Waals surface area contributed by atoms with Crippen molar-refractivity contribution in [1.82, 2.24) is 23.9 Å². The summed E-state index contributed by atoms with van der Waals surface area (Å²) in [6, 6.07) is 66.9. The van der Waals surface area contributed by atoms with Crippen LogP contribution in [0.15, 0.2) is 188 Å². The molecule has 3 heterocycles. The lowest BCUT2D eigenvalue weighted by Gasteiger charge is -2.14. The molecule has 0 spiro atoms. The van der Waals surface area contributed by atoms with Crippen LogP contribution in [0.5, 0.6) is 0 Å². The van der Waals surface area contributed by atoms with E-state index in [1.54, 1.807) is 0 Å². The van der Waals surface area contributed by atoms with E-state index in [0.717, 1.165) is 39.8 Å². The Kier molecular flexibility index (Phi) is 6.48. The Morgan fingerprint density at radius 1 is 0.302 bits per heavy atom. The van der Waals surface area contributed by atoms with Crippen LogP contribution in [0, 0.1) is 0 Å². The lowest BCUT2D eigenvalue weighted by molar-refractivity contribution is 1.07. The Morgan fingerprint density at radius 3 is 1.42 bits per heavy atom. The van der Waals surface area contributed by atoms with Crippen LogP contribution < -0.4 is 0 Å². The van der Waals surface area contributed by atoms with Gasteiger partial charge < -0.3 is 9.13 Å². The maximum absolute atomic E-state index is 4.70. The van der Waals surface area contributed by atoms with Gasteiger partial charge in [-0.25, -0.2) is 0 Å². The molecule has 0 amide bonds. The molecule has 0 N–H and O–H groups in total. The van der Waals surface area contributed by atoms with Crippen LogP contribution in [-0.2, 0) is 0 Å². The fourth-order valence-corrected chi connectivity index (χ4v) is 8.20. The SMILES string of the molecule is c1ccc(-c2nnc(-c3ccccc3)n2-c2ccc(-n3c4ccccc4c4ccc5cc6c7ccccc7n(-c7ccccc7)c6cc5c43)cc2)cc1. The van der Waals surface area contributed by atoms with Gasteiger partial charge in [0.25, 0.3) is 0 Å². The van der Waals surface area contributed by atoms with Gasteiger partial charge in [-0.05, 0) is 66.0 Å². The Bertz CT molecular complexity index is 3080. The summed E-state index contributed by atoms with van der Waals surface area (Å²) in [6.07, 6.45) is 0. The standard InChI is InChI=1S/C48H31N5/c1-4-14-32(15-5-1)47-49-50-48(33-16-6-2-7-17-33)53(47)37-27-25-36(26-28-37)52-44-23-13-10-20-38(44)40-29-24-34-30-42-39-21-11-12-22-43(39)51(35-18-8-3-9-19-35)45(42)31-41(34)46(40)52/h1-31H. The molecule has 0 atom stereocenters. The summed E-state index contributed by atoms with van der Waals surface area (Å²) in [7, 11) is 0. The Balaban J connectivity index is 1.16. The van der Waals surface area contributed by atoms with Gasteiger partial charge in [0.2, 0.25) is 0 Å². The molecule has 0 unspecified atom stereocenters. The average molecular weight is 678 g/mol. The van der Waals surface area contributed by atoms with E-state index in [9.17, 15) is 0 Å². The molecule has 5 heteroatoms. The molecule has 53 heavy (non-hydrogen) atoms. The van der Waals surface area contributed by atoms with Crippen LogP contribution in [0.4, 0.5) is 0 Å². The minimum atomic E-state index is 0.804. The lowest BCUT2D eigenvalue weighted by atomic mass is 10.0. The first kappa shape index (κ1) is 29.5. The molecule has 0 saturated heterocycles. The number of fused-ring (bicyclic) bond motifs is 8. The molecule has 0 aliphatic heterocycles. The van der Waals surface area contributed by atoms with E-state index < -0.39 is 0 Å². The van der Waals surface area contributed by atoms with Gasteiger partial charge in [0, 0.05) is 55.1 Å². The van der Waals surface area contributed by atoms with Crippen molar-refractivity contribution in [3.8, 4) is 39.8 Å². The molecule has 0 bridgehead atoms. The second-order valence-electron chi connectivity index (χ2n) is 13.5. The molecule has 248 valence electrons. The number of hydrogen-bond acceptors (Lipinski definition) is 2. The first-order valence-corrected chi connectivity index (χ1v) is 17.9. The molecule has 0 fully saturated rings. The molecule has 3 aromatic heterocycles. The van der Waals surface area contributed by atoms with Crippen LogP contribution in [0.2, 0.25) is 0 Å². The van der Waals surface area contributed by atoms with Crippen molar-refractivity contribution in [2.45, 2.75) is 0 Å². The summed E-state index contributed by atoms with van der Waals surface area (Å²) in [5, 5.41) is 16.8. The summed E-state index contributed by atoms with van der Waals surface area (Å²) in [6.45, 7) is 0. The van der Waals surface area contributed by atoms with Crippen molar-refractivity contribution in [1.29, 1.82) is 0 Å². The molecular weight excluding hydrogens is 647 g/mol. The van der Waals surface area contributed by atoms with Gasteiger partial charge in [-0.3, -0.25) is 4.57 Å². The predicted molar refractivity (Wildman–Crippen MR) is 218 cm³/mol. The second kappa shape index (κ2) is 11.7. The van der Waals surface area contributed by atoms with Gasteiger partial charge in [0.15, 0.2) is 11.6 Å². The molecule has 11 aromatic rings. The van der Waals surface area contributed by atoms with E-state index in [1.165, 1.54) is 54.4 Å². The van der Waals surface area contributed by atoms with Gasteiger partial charge in [0.05, 0.1) is 22.1 Å². The fourth-order valence-electron chi connectivity index (χ4n) is 8.20. The predicted octanol–water partition coefficient (Wildman–Crippen LogP) is 11.9. The van der Waals surface area contributed by atoms with E-state index in [-0.39, 0.29) is 0 Å². The summed E-state index contributed by atoms with van der Waals surface area (Å²) < 4.78 is 6.99. The minimum Gasteiger partial charge on any atom is -0.309 e. The van der Waals surface area contributed by atoms with Gasteiger partial charge in [-0.2, -0.15) is 0 Å². The molecule has 8 aromatic carbocycles. The topological polar surface area (TPSA) is 40.6 Å². The molecule has 5 nitrogen and oxygen atoms in total. The van der Waals surface area contributed by atoms with Crippen LogP contribution in [0.1, 0.15) is 0 Å². The highest BCUT2D eigenvalue weighted by molar-refractivity contribution is 6.22. The third-order valence-corrected chi connectivity index (χ3v) is 10.5. The van der Waals surface area contributed by atoms with Crippen molar-refractivity contribution in [2.24, 2.45) is 0 Å². The highest BCUT2D eigenvalue weighted by Gasteiger charge is 2.20. The van der Waals surface area contributed by atoms with Gasteiger partial charge >= 0.3 is 0 Å². The van der Waals surface area contributed by atoms with Crippen molar-refractivity contribution in [3.05, 3.63) is 188 Å². The summed E-state index contributed by atoms with van der Waals surface area (Å²) >= 11 is 0. The van der Waals surface area contributed by atoms with E-state index in [4.69, 9.17) is 10.2 Å². The fraction of sp³-hybridized carbons (Fsp3) is 0. The minimum absolute atomic E-state index is 0.804. The zero-order valence-corrected chi connectivity index (χ0v) is 28.6. The third kappa shape index (κ3) is 4.51. The molecule has 11 rings (SSSR count). The normalized spacial score (nSPS) is 11.8. The van der Waals surface area contributed by atoms with E-state index in [1.807, 2.05) is 36.4 Å². The molecule has 0 radical (unpaired) electrons. The second-order valence-corrected chi connectivity index (χ2v) is 13.5. The zero-order chi connectivity index (χ0) is 34.9. The van der Waals surface area contributed by atoms with Crippen molar-refractivity contribution < 1.29 is 0 Å². The largest absolute Gasteiger partial charge is 0.309 e. The summed E-state index contributed by atoms with van der Waals surface area (Å²) in [5.41, 5.74) is 10.0. The Morgan fingerprint density at radius 2 is 0.792 bits per heavy atom. The van der Waals surface area contributed by atoms with Crippen LogP contribution in [0.3, 0.4) is 0 Å². The number of para-hydroxylation sites is 3. The van der Waals surface area contributed by atoms with Crippen molar-refractivity contribution in [2.75, 3.05) is 0 Å². The lowest BCUT2D eigenvalue weighted by Crippen LogP contribution is -2.01. The van der Waals surface area contributed by atoms with Crippen molar-refractivity contribution >= 4 is 54.4 Å². The average Bonchev–Trinajstić information content (AvgIpc) is 3.92. The number of benzene rings is 8. The maximum atomic E-state index is 4.70. The zero-order valence-electron chi connectivity index (χ0n) is 28.6. The Hall–Kier alpha value is -7.24. The molecule has 0 aliphatic rings. The first-order valence-electron chi connectivity index (χ1n) is 17.9. The van der Waals surface area contributed by atoms with Crippen LogP contribution >= 0.6 is 0 Å². The van der Waals surface area contributed by atoms with Crippen LogP contribution in [0.25, 0.3) is 94.2 Å². The molecule has 0 saturated carbocycles. The third-order valence-electron chi connectivity index (χ3n) is 10.5. The number of rotatable bonds is 5. The quantitative estimate of drug-likeness (QED) is 0.182. The van der Waals surface area contributed by atoms with Crippen molar-refractivity contribution in [3.63, 3.8) is 0 Å². The highest BCUT2D eigenvalue weighted by Crippen LogP contribution is 2.41. The monoisotopic (exact) mass is 677 g/mol. The maximum Gasteiger partial charge on any atom is 0.168 e.